The normalized spacial score (nSPS) is 23.0. The molecular weight excluding hydrogens is 288 g/mol. The summed E-state index contributed by atoms with van der Waals surface area (Å²) in [6.45, 7) is 11.5. The zero-order chi connectivity index (χ0) is 16.5. The van der Waals surface area contributed by atoms with Crippen molar-refractivity contribution in [2.45, 2.75) is 51.4 Å². The Bertz CT molecular complexity index is 498. The minimum Gasteiger partial charge on any atom is -0.302 e. The van der Waals surface area contributed by atoms with Crippen molar-refractivity contribution in [1.82, 2.24) is 5.32 Å². The summed E-state index contributed by atoms with van der Waals surface area (Å²) in [6.07, 6.45) is 14.2. The summed E-state index contributed by atoms with van der Waals surface area (Å²) in [5, 5.41) is 3.63. The van der Waals surface area contributed by atoms with Gasteiger partial charge >= 0.3 is 0 Å². The molecule has 122 valence electrons. The Kier molecular flexibility index (Phi) is 8.51. The van der Waals surface area contributed by atoms with Crippen LogP contribution in [0.4, 0.5) is 0 Å². The average molecular weight is 320 g/mol. The summed E-state index contributed by atoms with van der Waals surface area (Å²) in [6, 6.07) is 0.183. The van der Waals surface area contributed by atoms with Crippen molar-refractivity contribution in [3.05, 3.63) is 47.1 Å². The zero-order valence-electron chi connectivity index (χ0n) is 14.5. The van der Waals surface area contributed by atoms with Crippen molar-refractivity contribution < 1.29 is 4.58 Å². The summed E-state index contributed by atoms with van der Waals surface area (Å²) in [5.41, 5.74) is 4.08. The van der Waals surface area contributed by atoms with E-state index in [1.165, 1.54) is 36.0 Å². The Morgan fingerprint density at radius 1 is 1.41 bits per heavy atom. The molecule has 22 heavy (non-hydrogen) atoms. The number of allylic oxidation sites excluding steroid dienone is 4. The van der Waals surface area contributed by atoms with Gasteiger partial charge in [0.25, 0.3) is 0 Å². The van der Waals surface area contributed by atoms with Gasteiger partial charge in [-0.05, 0) is 69.9 Å². The lowest BCUT2D eigenvalue weighted by molar-refractivity contribution is -0.504. The van der Waals surface area contributed by atoms with Gasteiger partial charge < -0.3 is 5.32 Å². The molecule has 0 aromatic heterocycles. The monoisotopic (exact) mass is 319 g/mol. The second-order valence-corrected chi connectivity index (χ2v) is 6.53. The van der Waals surface area contributed by atoms with Crippen molar-refractivity contribution in [3.63, 3.8) is 0 Å². The molecule has 1 aliphatic rings. The second-order valence-electron chi connectivity index (χ2n) is 6.02. The summed E-state index contributed by atoms with van der Waals surface area (Å²) in [5.74, 6) is 0. The SMILES string of the molecule is C=[N+](C)C(C=CC=CC)C=C(C)C1=C(C)CCCCNC1S. The predicted octanol–water partition coefficient (Wildman–Crippen LogP) is 4.12. The molecule has 1 heterocycles. The summed E-state index contributed by atoms with van der Waals surface area (Å²) in [4.78, 5) is 0. The van der Waals surface area contributed by atoms with Gasteiger partial charge in [-0.3, -0.25) is 0 Å². The summed E-state index contributed by atoms with van der Waals surface area (Å²) in [7, 11) is 2.00. The first-order chi connectivity index (χ1) is 10.5. The third kappa shape index (κ3) is 5.98. The highest BCUT2D eigenvalue weighted by molar-refractivity contribution is 7.81. The van der Waals surface area contributed by atoms with Gasteiger partial charge in [-0.1, -0.05) is 23.8 Å². The molecule has 0 aromatic rings. The van der Waals surface area contributed by atoms with Gasteiger partial charge in [-0.25, -0.2) is 4.58 Å². The molecule has 0 aromatic carbocycles. The highest BCUT2D eigenvalue weighted by Gasteiger charge is 2.18. The van der Waals surface area contributed by atoms with E-state index in [0.29, 0.717) is 0 Å². The number of hydrogen-bond donors (Lipinski definition) is 2. The molecule has 0 fully saturated rings. The molecule has 0 aliphatic carbocycles. The number of likely N-dealkylation sites (N-methyl/N-ethyl adjacent to an activating group) is 1. The average Bonchev–Trinajstić information content (AvgIpc) is 2.44. The van der Waals surface area contributed by atoms with E-state index in [1.807, 2.05) is 30.7 Å². The van der Waals surface area contributed by atoms with Crippen molar-refractivity contribution in [2.24, 2.45) is 0 Å². The van der Waals surface area contributed by atoms with Crippen LogP contribution in [0.3, 0.4) is 0 Å². The fourth-order valence-corrected chi connectivity index (χ4v) is 3.29. The van der Waals surface area contributed by atoms with Gasteiger partial charge in [0.15, 0.2) is 6.04 Å². The van der Waals surface area contributed by atoms with Crippen LogP contribution in [0.5, 0.6) is 0 Å². The third-order valence-corrected chi connectivity index (χ3v) is 4.46. The molecule has 0 radical (unpaired) electrons. The lowest BCUT2D eigenvalue weighted by atomic mass is 9.94. The van der Waals surface area contributed by atoms with Crippen LogP contribution in [-0.2, 0) is 0 Å². The van der Waals surface area contributed by atoms with E-state index >= 15 is 0 Å². The molecule has 0 saturated carbocycles. The van der Waals surface area contributed by atoms with Gasteiger partial charge in [-0.2, -0.15) is 12.6 Å². The first-order valence-electron chi connectivity index (χ1n) is 8.10. The quantitative estimate of drug-likeness (QED) is 0.337. The molecule has 0 amide bonds. The van der Waals surface area contributed by atoms with Gasteiger partial charge in [0, 0.05) is 0 Å². The maximum Gasteiger partial charge on any atom is 0.189 e. The van der Waals surface area contributed by atoms with Crippen LogP contribution in [0.15, 0.2) is 47.1 Å². The minimum atomic E-state index is 0.117. The van der Waals surface area contributed by atoms with Crippen LogP contribution in [-0.4, -0.2) is 36.3 Å². The molecule has 1 aliphatic heterocycles. The summed E-state index contributed by atoms with van der Waals surface area (Å²) >= 11 is 4.76. The van der Waals surface area contributed by atoms with E-state index in [0.717, 1.165) is 6.54 Å². The van der Waals surface area contributed by atoms with Crippen LogP contribution < -0.4 is 5.32 Å². The van der Waals surface area contributed by atoms with Crippen LogP contribution >= 0.6 is 12.6 Å². The first-order valence-corrected chi connectivity index (χ1v) is 8.61. The van der Waals surface area contributed by atoms with E-state index < -0.39 is 0 Å². The van der Waals surface area contributed by atoms with E-state index in [9.17, 15) is 0 Å². The molecule has 2 nitrogen and oxygen atoms in total. The lowest BCUT2D eigenvalue weighted by Gasteiger charge is -2.24. The Balaban J connectivity index is 3.08. The van der Waals surface area contributed by atoms with E-state index in [2.05, 4.69) is 44.1 Å². The van der Waals surface area contributed by atoms with Gasteiger partial charge in [-0.15, -0.1) is 0 Å². The summed E-state index contributed by atoms with van der Waals surface area (Å²) < 4.78 is 1.98. The second kappa shape index (κ2) is 9.86. The Hall–Kier alpha value is -1.06. The molecule has 0 spiro atoms. The largest absolute Gasteiger partial charge is 0.302 e. The highest BCUT2D eigenvalue weighted by atomic mass is 32.1. The number of hydrogen-bond acceptors (Lipinski definition) is 2. The smallest absolute Gasteiger partial charge is 0.189 e. The van der Waals surface area contributed by atoms with Crippen LogP contribution in [0, 0.1) is 0 Å². The molecule has 1 N–H and O–H groups in total. The lowest BCUT2D eigenvalue weighted by Crippen LogP contribution is -2.30. The number of rotatable bonds is 5. The van der Waals surface area contributed by atoms with Crippen molar-refractivity contribution in [3.8, 4) is 0 Å². The van der Waals surface area contributed by atoms with E-state index in [-0.39, 0.29) is 11.4 Å². The standard InChI is InChI=1S/C19H30N2S/c1-6-7-8-12-17(21(4)5)14-16(3)18-15(2)11-9-10-13-20-19(18)22/h6-8,12,14,17,19-20H,4,9-11,13H2,1-3,5H3/p+1. The molecule has 2 unspecified atom stereocenters. The van der Waals surface area contributed by atoms with Crippen molar-refractivity contribution in [2.75, 3.05) is 13.6 Å². The molecule has 2 atom stereocenters. The van der Waals surface area contributed by atoms with Crippen molar-refractivity contribution in [1.29, 1.82) is 0 Å². The van der Waals surface area contributed by atoms with Gasteiger partial charge in [0.05, 0.1) is 5.37 Å². The molecule has 0 saturated heterocycles. The van der Waals surface area contributed by atoms with Gasteiger partial charge in [0.2, 0.25) is 0 Å². The van der Waals surface area contributed by atoms with Gasteiger partial charge in [0.1, 0.15) is 13.8 Å². The highest BCUT2D eigenvalue weighted by Crippen LogP contribution is 2.26. The third-order valence-electron chi connectivity index (χ3n) is 4.02. The number of thiol groups is 1. The van der Waals surface area contributed by atoms with Crippen LogP contribution in [0.1, 0.15) is 40.0 Å². The van der Waals surface area contributed by atoms with E-state index in [4.69, 9.17) is 12.6 Å². The number of nitrogens with one attached hydrogen (secondary N) is 1. The Morgan fingerprint density at radius 3 is 2.77 bits per heavy atom. The maximum absolute atomic E-state index is 4.76. The van der Waals surface area contributed by atoms with Crippen molar-refractivity contribution >= 4 is 19.3 Å². The molecule has 0 bridgehead atoms. The molecular formula is C19H31N2S+. The number of nitrogens with zero attached hydrogens (tertiary/aromatic N) is 1. The molecule has 1 rings (SSSR count). The van der Waals surface area contributed by atoms with Crippen LogP contribution in [0.25, 0.3) is 0 Å². The Morgan fingerprint density at radius 2 is 2.14 bits per heavy atom. The Labute approximate surface area is 141 Å². The molecule has 3 heteroatoms. The fourth-order valence-electron chi connectivity index (χ4n) is 2.74. The minimum absolute atomic E-state index is 0.117. The van der Waals surface area contributed by atoms with E-state index in [1.54, 1.807) is 0 Å². The zero-order valence-corrected chi connectivity index (χ0v) is 15.4. The maximum atomic E-state index is 4.76. The first kappa shape index (κ1) is 19.0. The topological polar surface area (TPSA) is 15.0 Å². The fraction of sp³-hybridized carbons (Fsp3) is 0.526. The van der Waals surface area contributed by atoms with Crippen LogP contribution in [0.2, 0.25) is 0 Å². The predicted molar refractivity (Wildman–Crippen MR) is 102 cm³/mol.